The van der Waals surface area contributed by atoms with E-state index in [-0.39, 0.29) is 11.3 Å². The molecule has 3 nitrogen and oxygen atoms in total. The monoisotopic (exact) mass is 316 g/mol. The number of amides is 1. The predicted octanol–water partition coefficient (Wildman–Crippen LogP) is 3.21. The average molecular weight is 317 g/mol. The maximum Gasteiger partial charge on any atom is 0.241 e. The van der Waals surface area contributed by atoms with Crippen LogP contribution in [0, 0.1) is 18.2 Å². The fraction of sp³-hybridized carbons (Fsp3) is 0.462. The molecular formula is C13H18BrFN2O. The van der Waals surface area contributed by atoms with Crippen LogP contribution in [-0.2, 0) is 4.79 Å². The van der Waals surface area contributed by atoms with Crippen molar-refractivity contribution in [1.82, 2.24) is 0 Å². The van der Waals surface area contributed by atoms with Gasteiger partial charge in [0.15, 0.2) is 0 Å². The Morgan fingerprint density at radius 2 is 2.00 bits per heavy atom. The number of hydrogen-bond donors (Lipinski definition) is 2. The quantitative estimate of drug-likeness (QED) is 0.880. The van der Waals surface area contributed by atoms with Gasteiger partial charge in [-0.05, 0) is 46.0 Å². The largest absolute Gasteiger partial charge is 0.324 e. The van der Waals surface area contributed by atoms with Gasteiger partial charge in [0.1, 0.15) is 5.82 Å². The summed E-state index contributed by atoms with van der Waals surface area (Å²) >= 11 is 3.09. The van der Waals surface area contributed by atoms with E-state index in [0.717, 1.165) is 5.56 Å². The summed E-state index contributed by atoms with van der Waals surface area (Å²) in [4.78, 5) is 11.9. The van der Waals surface area contributed by atoms with E-state index in [4.69, 9.17) is 5.73 Å². The van der Waals surface area contributed by atoms with Crippen LogP contribution in [-0.4, -0.2) is 11.9 Å². The number of carbonyl (C=O) groups is 1. The normalized spacial score (nSPS) is 13.3. The number of anilines is 1. The van der Waals surface area contributed by atoms with Gasteiger partial charge in [-0.15, -0.1) is 0 Å². The summed E-state index contributed by atoms with van der Waals surface area (Å²) in [5.41, 5.74) is 6.72. The summed E-state index contributed by atoms with van der Waals surface area (Å²) < 4.78 is 13.8. The van der Waals surface area contributed by atoms with Crippen molar-refractivity contribution in [3.05, 3.63) is 28.0 Å². The van der Waals surface area contributed by atoms with E-state index in [1.807, 2.05) is 20.8 Å². The van der Waals surface area contributed by atoms with Crippen LogP contribution in [0.2, 0.25) is 0 Å². The van der Waals surface area contributed by atoms with Crippen LogP contribution in [0.5, 0.6) is 0 Å². The maximum atomic E-state index is 13.4. The van der Waals surface area contributed by atoms with Crippen molar-refractivity contribution in [1.29, 1.82) is 0 Å². The number of halogens is 2. The highest BCUT2D eigenvalue weighted by Gasteiger charge is 2.27. The maximum absolute atomic E-state index is 13.4. The van der Waals surface area contributed by atoms with Gasteiger partial charge in [0.2, 0.25) is 5.91 Å². The van der Waals surface area contributed by atoms with Crippen LogP contribution in [0.1, 0.15) is 26.3 Å². The molecule has 0 aliphatic rings. The van der Waals surface area contributed by atoms with Gasteiger partial charge in [-0.1, -0.05) is 20.8 Å². The number of hydrogen-bond acceptors (Lipinski definition) is 2. The highest BCUT2D eigenvalue weighted by molar-refractivity contribution is 9.10. The SMILES string of the molecule is Cc1cc(Br)c(F)cc1NC(=O)[C@H](N)C(C)(C)C. The molecule has 0 aliphatic carbocycles. The second-order valence-electron chi connectivity index (χ2n) is 5.41. The second-order valence-corrected chi connectivity index (χ2v) is 6.27. The zero-order valence-corrected chi connectivity index (χ0v) is 12.6. The molecule has 0 aliphatic heterocycles. The Labute approximate surface area is 115 Å². The third kappa shape index (κ3) is 3.53. The van der Waals surface area contributed by atoms with Crippen molar-refractivity contribution in [2.75, 3.05) is 5.32 Å². The molecule has 0 fully saturated rings. The van der Waals surface area contributed by atoms with E-state index < -0.39 is 11.9 Å². The Kier molecular flexibility index (Phi) is 4.50. The molecule has 1 rings (SSSR count). The molecule has 1 aromatic rings. The third-order valence-electron chi connectivity index (χ3n) is 2.74. The van der Waals surface area contributed by atoms with Crippen molar-refractivity contribution < 1.29 is 9.18 Å². The minimum Gasteiger partial charge on any atom is -0.324 e. The molecule has 0 heterocycles. The van der Waals surface area contributed by atoms with Crippen molar-refractivity contribution in [2.24, 2.45) is 11.1 Å². The number of benzene rings is 1. The smallest absolute Gasteiger partial charge is 0.241 e. The standard InChI is InChI=1S/C13H18BrFN2O/c1-7-5-8(14)9(15)6-10(7)17-12(18)11(16)13(2,3)4/h5-6,11H,16H2,1-4H3,(H,17,18)/t11-/m0/s1. The Hall–Kier alpha value is -0.940. The molecule has 0 saturated heterocycles. The highest BCUT2D eigenvalue weighted by atomic mass is 79.9. The van der Waals surface area contributed by atoms with Crippen LogP contribution >= 0.6 is 15.9 Å². The fourth-order valence-corrected chi connectivity index (χ4v) is 1.84. The summed E-state index contributed by atoms with van der Waals surface area (Å²) in [5.74, 6) is -0.729. The lowest BCUT2D eigenvalue weighted by molar-refractivity contribution is -0.119. The van der Waals surface area contributed by atoms with Crippen molar-refractivity contribution in [2.45, 2.75) is 33.7 Å². The topological polar surface area (TPSA) is 55.1 Å². The number of nitrogens with one attached hydrogen (secondary N) is 1. The summed E-state index contributed by atoms with van der Waals surface area (Å²) in [5, 5.41) is 2.66. The first-order chi connectivity index (χ1) is 8.12. The lowest BCUT2D eigenvalue weighted by Gasteiger charge is -2.26. The van der Waals surface area contributed by atoms with E-state index in [1.54, 1.807) is 13.0 Å². The Morgan fingerprint density at radius 3 is 2.50 bits per heavy atom. The van der Waals surface area contributed by atoms with Gasteiger partial charge in [0.05, 0.1) is 10.5 Å². The van der Waals surface area contributed by atoms with E-state index >= 15 is 0 Å². The molecule has 0 unspecified atom stereocenters. The van der Waals surface area contributed by atoms with E-state index in [9.17, 15) is 9.18 Å². The lowest BCUT2D eigenvalue weighted by atomic mass is 9.87. The molecule has 1 amide bonds. The first kappa shape index (κ1) is 15.1. The summed E-state index contributed by atoms with van der Waals surface area (Å²) in [7, 11) is 0. The van der Waals surface area contributed by atoms with Gasteiger partial charge in [0, 0.05) is 5.69 Å². The fourth-order valence-electron chi connectivity index (χ4n) is 1.38. The van der Waals surface area contributed by atoms with Crippen LogP contribution < -0.4 is 11.1 Å². The molecule has 0 aromatic heterocycles. The van der Waals surface area contributed by atoms with Crippen LogP contribution in [0.4, 0.5) is 10.1 Å². The van der Waals surface area contributed by atoms with Crippen molar-refractivity contribution in [3.63, 3.8) is 0 Å². The van der Waals surface area contributed by atoms with Crippen LogP contribution in [0.25, 0.3) is 0 Å². The zero-order chi connectivity index (χ0) is 14.1. The number of aryl methyl sites for hydroxylation is 1. The third-order valence-corrected chi connectivity index (χ3v) is 3.35. The summed E-state index contributed by atoms with van der Waals surface area (Å²) in [6.07, 6.45) is 0. The van der Waals surface area contributed by atoms with E-state index in [0.29, 0.717) is 10.2 Å². The number of nitrogens with two attached hydrogens (primary N) is 1. The minimum atomic E-state index is -0.649. The number of rotatable bonds is 2. The lowest BCUT2D eigenvalue weighted by Crippen LogP contribution is -2.45. The molecule has 100 valence electrons. The summed E-state index contributed by atoms with van der Waals surface area (Å²) in [6, 6.07) is 2.25. The van der Waals surface area contributed by atoms with Crippen LogP contribution in [0.3, 0.4) is 0 Å². The van der Waals surface area contributed by atoms with Gasteiger partial charge < -0.3 is 11.1 Å². The van der Waals surface area contributed by atoms with Gasteiger partial charge in [-0.25, -0.2) is 4.39 Å². The van der Waals surface area contributed by atoms with Gasteiger partial charge in [-0.3, -0.25) is 4.79 Å². The highest BCUT2D eigenvalue weighted by Crippen LogP contribution is 2.25. The van der Waals surface area contributed by atoms with Crippen molar-refractivity contribution in [3.8, 4) is 0 Å². The Balaban J connectivity index is 2.92. The van der Waals surface area contributed by atoms with Gasteiger partial charge >= 0.3 is 0 Å². The van der Waals surface area contributed by atoms with E-state index in [2.05, 4.69) is 21.2 Å². The zero-order valence-electron chi connectivity index (χ0n) is 11.0. The minimum absolute atomic E-state index is 0.313. The molecule has 5 heteroatoms. The molecule has 1 atom stereocenters. The molecule has 18 heavy (non-hydrogen) atoms. The predicted molar refractivity (Wildman–Crippen MR) is 74.9 cm³/mol. The first-order valence-electron chi connectivity index (χ1n) is 5.65. The first-order valence-corrected chi connectivity index (χ1v) is 6.44. The van der Waals surface area contributed by atoms with Crippen molar-refractivity contribution >= 4 is 27.5 Å². The molecule has 0 spiro atoms. The molecule has 3 N–H and O–H groups in total. The van der Waals surface area contributed by atoms with Crippen LogP contribution in [0.15, 0.2) is 16.6 Å². The molecular weight excluding hydrogens is 299 g/mol. The number of carbonyl (C=O) groups excluding carboxylic acids is 1. The second kappa shape index (κ2) is 5.36. The summed E-state index contributed by atoms with van der Waals surface area (Å²) in [6.45, 7) is 7.44. The molecule has 1 aromatic carbocycles. The molecule has 0 bridgehead atoms. The van der Waals surface area contributed by atoms with E-state index in [1.165, 1.54) is 6.07 Å². The molecule has 0 radical (unpaired) electrons. The Bertz CT molecular complexity index is 469. The van der Waals surface area contributed by atoms with Gasteiger partial charge in [0.25, 0.3) is 0 Å². The average Bonchev–Trinajstić information content (AvgIpc) is 2.23. The Morgan fingerprint density at radius 1 is 1.44 bits per heavy atom. The molecule has 0 saturated carbocycles. The van der Waals surface area contributed by atoms with Gasteiger partial charge in [-0.2, -0.15) is 0 Å².